The van der Waals surface area contributed by atoms with Crippen molar-refractivity contribution in [2.45, 2.75) is 38.0 Å². The number of rotatable bonds is 6. The van der Waals surface area contributed by atoms with Gasteiger partial charge in [-0.3, -0.25) is 0 Å². The highest BCUT2D eigenvalue weighted by Crippen LogP contribution is 2.24. The lowest BCUT2D eigenvalue weighted by atomic mass is 10.2. The minimum Gasteiger partial charge on any atom is -0.396 e. The molecule has 0 amide bonds. The Bertz CT molecular complexity index is 297. The van der Waals surface area contributed by atoms with Gasteiger partial charge in [-0.1, -0.05) is 24.1 Å². The van der Waals surface area contributed by atoms with Crippen molar-refractivity contribution in [2.75, 3.05) is 12.4 Å². The first-order valence-corrected chi connectivity index (χ1v) is 6.53. The van der Waals surface area contributed by atoms with Crippen LogP contribution >= 0.6 is 11.8 Å². The van der Waals surface area contributed by atoms with Crippen molar-refractivity contribution < 1.29 is 5.11 Å². The van der Waals surface area contributed by atoms with Crippen LogP contribution in [-0.2, 0) is 0 Å². The molecule has 0 heterocycles. The Morgan fingerprint density at radius 3 is 2.67 bits per heavy atom. The van der Waals surface area contributed by atoms with Gasteiger partial charge in [0.1, 0.15) is 0 Å². The number of aliphatic hydroxyl groups excluding tert-OH is 1. The molecule has 0 bridgehead atoms. The first-order chi connectivity index (χ1) is 7.24. The van der Waals surface area contributed by atoms with E-state index >= 15 is 0 Å². The highest BCUT2D eigenvalue weighted by Gasteiger charge is 1.99. The van der Waals surface area contributed by atoms with Crippen LogP contribution in [-0.4, -0.2) is 17.5 Å². The van der Waals surface area contributed by atoms with Gasteiger partial charge in [0, 0.05) is 11.5 Å². The molecule has 0 aromatic heterocycles. The maximum absolute atomic E-state index is 8.66. The molecule has 1 rings (SSSR count). The smallest absolute Gasteiger partial charge is 0.0431 e. The van der Waals surface area contributed by atoms with Crippen LogP contribution in [0.3, 0.4) is 0 Å². The van der Waals surface area contributed by atoms with E-state index in [1.54, 1.807) is 0 Å². The monoisotopic (exact) mass is 224 g/mol. The summed E-state index contributed by atoms with van der Waals surface area (Å²) in [6.07, 6.45) is 3.26. The van der Waals surface area contributed by atoms with Crippen LogP contribution < -0.4 is 0 Å². The SMILES string of the molecule is Cc1ccc(C)c(SCCCCCO)c1. The molecular formula is C13H20OS. The van der Waals surface area contributed by atoms with Gasteiger partial charge in [0.2, 0.25) is 0 Å². The van der Waals surface area contributed by atoms with Gasteiger partial charge in [-0.2, -0.15) is 0 Å². The fourth-order valence-electron chi connectivity index (χ4n) is 1.44. The zero-order chi connectivity index (χ0) is 11.1. The van der Waals surface area contributed by atoms with E-state index in [4.69, 9.17) is 5.11 Å². The summed E-state index contributed by atoms with van der Waals surface area (Å²) in [6.45, 7) is 4.62. The van der Waals surface area contributed by atoms with Crippen LogP contribution in [0.2, 0.25) is 0 Å². The second-order valence-electron chi connectivity index (χ2n) is 3.90. The van der Waals surface area contributed by atoms with Gasteiger partial charge in [0.25, 0.3) is 0 Å². The first kappa shape index (κ1) is 12.6. The summed E-state index contributed by atoms with van der Waals surface area (Å²) in [5.74, 6) is 1.16. The van der Waals surface area contributed by atoms with Crippen LogP contribution in [0.4, 0.5) is 0 Å². The van der Waals surface area contributed by atoms with E-state index < -0.39 is 0 Å². The van der Waals surface area contributed by atoms with Crippen molar-refractivity contribution in [1.82, 2.24) is 0 Å². The topological polar surface area (TPSA) is 20.2 Å². The van der Waals surface area contributed by atoms with E-state index in [2.05, 4.69) is 32.0 Å². The van der Waals surface area contributed by atoms with E-state index in [-0.39, 0.29) is 0 Å². The molecule has 1 aromatic rings. The summed E-state index contributed by atoms with van der Waals surface area (Å²) in [7, 11) is 0. The lowest BCUT2D eigenvalue weighted by molar-refractivity contribution is 0.284. The van der Waals surface area contributed by atoms with Gasteiger partial charge >= 0.3 is 0 Å². The first-order valence-electron chi connectivity index (χ1n) is 5.55. The second kappa shape index (κ2) is 6.91. The Balaban J connectivity index is 2.33. The molecular weight excluding hydrogens is 204 g/mol. The van der Waals surface area contributed by atoms with Crippen LogP contribution in [0.25, 0.3) is 0 Å². The highest BCUT2D eigenvalue weighted by atomic mass is 32.2. The minimum atomic E-state index is 0.328. The van der Waals surface area contributed by atoms with E-state index in [0.29, 0.717) is 6.61 Å². The van der Waals surface area contributed by atoms with Gasteiger partial charge in [0.15, 0.2) is 0 Å². The third kappa shape index (κ3) is 4.72. The van der Waals surface area contributed by atoms with Gasteiger partial charge < -0.3 is 5.11 Å². The zero-order valence-electron chi connectivity index (χ0n) is 9.62. The predicted molar refractivity (Wildman–Crippen MR) is 67.6 cm³/mol. The Kier molecular flexibility index (Phi) is 5.81. The molecule has 84 valence electrons. The van der Waals surface area contributed by atoms with Crippen LogP contribution in [0.5, 0.6) is 0 Å². The molecule has 0 radical (unpaired) electrons. The quantitative estimate of drug-likeness (QED) is 0.589. The van der Waals surface area contributed by atoms with Gasteiger partial charge in [-0.05, 0) is 44.1 Å². The molecule has 0 spiro atoms. The van der Waals surface area contributed by atoms with Crippen molar-refractivity contribution in [3.8, 4) is 0 Å². The number of aliphatic hydroxyl groups is 1. The third-order valence-electron chi connectivity index (χ3n) is 2.40. The number of benzene rings is 1. The van der Waals surface area contributed by atoms with E-state index in [9.17, 15) is 0 Å². The molecule has 1 nitrogen and oxygen atoms in total. The summed E-state index contributed by atoms with van der Waals surface area (Å²) in [5, 5.41) is 8.66. The molecule has 15 heavy (non-hydrogen) atoms. The van der Waals surface area contributed by atoms with Crippen molar-refractivity contribution >= 4 is 11.8 Å². The summed E-state index contributed by atoms with van der Waals surface area (Å²) in [4.78, 5) is 1.40. The Morgan fingerprint density at radius 2 is 1.93 bits per heavy atom. The third-order valence-corrected chi connectivity index (χ3v) is 3.65. The lowest BCUT2D eigenvalue weighted by Gasteiger charge is -2.06. The standard InChI is InChI=1S/C13H20OS/c1-11-6-7-12(2)13(10-11)15-9-5-3-4-8-14/h6-7,10,14H,3-5,8-9H2,1-2H3. The molecule has 0 saturated carbocycles. The van der Waals surface area contributed by atoms with Crippen LogP contribution in [0.1, 0.15) is 30.4 Å². The number of hydrogen-bond acceptors (Lipinski definition) is 2. The lowest BCUT2D eigenvalue weighted by Crippen LogP contribution is -1.87. The van der Waals surface area contributed by atoms with E-state index in [1.165, 1.54) is 22.4 Å². The Hall–Kier alpha value is -0.470. The highest BCUT2D eigenvalue weighted by molar-refractivity contribution is 7.99. The molecule has 0 aliphatic carbocycles. The Morgan fingerprint density at radius 1 is 1.13 bits per heavy atom. The van der Waals surface area contributed by atoms with Gasteiger partial charge in [-0.25, -0.2) is 0 Å². The average Bonchev–Trinajstić information content (AvgIpc) is 2.23. The van der Waals surface area contributed by atoms with Crippen molar-refractivity contribution in [3.63, 3.8) is 0 Å². The van der Waals surface area contributed by atoms with E-state index in [0.717, 1.165) is 18.6 Å². The van der Waals surface area contributed by atoms with Crippen molar-refractivity contribution in [3.05, 3.63) is 29.3 Å². The molecule has 1 N–H and O–H groups in total. The number of unbranched alkanes of at least 4 members (excludes halogenated alkanes) is 2. The molecule has 1 aromatic carbocycles. The Labute approximate surface area is 96.9 Å². The van der Waals surface area contributed by atoms with Crippen molar-refractivity contribution in [1.29, 1.82) is 0 Å². The largest absolute Gasteiger partial charge is 0.396 e. The molecule has 0 atom stereocenters. The average molecular weight is 224 g/mol. The van der Waals surface area contributed by atoms with Crippen LogP contribution in [0, 0.1) is 13.8 Å². The van der Waals surface area contributed by atoms with Crippen LogP contribution in [0.15, 0.2) is 23.1 Å². The fraction of sp³-hybridized carbons (Fsp3) is 0.538. The normalized spacial score (nSPS) is 10.6. The second-order valence-corrected chi connectivity index (χ2v) is 5.04. The molecule has 0 fully saturated rings. The summed E-state index contributed by atoms with van der Waals surface area (Å²) in [6, 6.07) is 6.60. The van der Waals surface area contributed by atoms with Crippen molar-refractivity contribution in [2.24, 2.45) is 0 Å². The minimum absolute atomic E-state index is 0.328. The molecule has 0 aliphatic rings. The maximum atomic E-state index is 8.66. The maximum Gasteiger partial charge on any atom is 0.0431 e. The predicted octanol–water partition coefficient (Wildman–Crippen LogP) is 3.56. The van der Waals surface area contributed by atoms with E-state index in [1.807, 2.05) is 11.8 Å². The molecule has 0 saturated heterocycles. The number of thioether (sulfide) groups is 1. The number of aryl methyl sites for hydroxylation is 2. The van der Waals surface area contributed by atoms with Gasteiger partial charge in [0.05, 0.1) is 0 Å². The number of hydrogen-bond donors (Lipinski definition) is 1. The summed E-state index contributed by atoms with van der Waals surface area (Å²) >= 11 is 1.93. The molecule has 0 unspecified atom stereocenters. The molecule has 0 aliphatic heterocycles. The summed E-state index contributed by atoms with van der Waals surface area (Å²) in [5.41, 5.74) is 2.70. The summed E-state index contributed by atoms with van der Waals surface area (Å²) < 4.78 is 0. The van der Waals surface area contributed by atoms with Gasteiger partial charge in [-0.15, -0.1) is 11.8 Å². The fourth-order valence-corrected chi connectivity index (χ4v) is 2.57. The molecule has 2 heteroatoms. The zero-order valence-corrected chi connectivity index (χ0v) is 10.4.